The Morgan fingerprint density at radius 1 is 1.22 bits per heavy atom. The van der Waals surface area contributed by atoms with Crippen LogP contribution in [0.15, 0.2) is 46.4 Å². The van der Waals surface area contributed by atoms with Crippen molar-refractivity contribution in [2.75, 3.05) is 12.0 Å². The van der Waals surface area contributed by atoms with Crippen molar-refractivity contribution in [2.24, 2.45) is 0 Å². The number of benzene rings is 2. The molecule has 1 saturated heterocycles. The molecule has 0 bridgehead atoms. The molecule has 0 atom stereocenters. The number of ether oxygens (including phenoxy) is 1. The van der Waals surface area contributed by atoms with Gasteiger partial charge in [-0.3, -0.25) is 14.9 Å². The van der Waals surface area contributed by atoms with E-state index >= 15 is 0 Å². The summed E-state index contributed by atoms with van der Waals surface area (Å²) in [5, 5.41) is 11.9. The van der Waals surface area contributed by atoms with E-state index in [1.807, 2.05) is 5.32 Å². The number of urea groups is 1. The molecular weight excluding hydrogens is 423 g/mol. The number of hydrogen-bond acceptors (Lipinski definition) is 5. The number of barbiturate groups is 1. The molecule has 0 aromatic heterocycles. The lowest BCUT2D eigenvalue weighted by Crippen LogP contribution is -2.54. The molecule has 1 fully saturated rings. The molecular formula is C18H12BrFN2O5. The van der Waals surface area contributed by atoms with Gasteiger partial charge in [-0.25, -0.2) is 14.1 Å². The lowest BCUT2D eigenvalue weighted by atomic mass is 10.1. The quantitative estimate of drug-likeness (QED) is 0.571. The lowest BCUT2D eigenvalue weighted by molar-refractivity contribution is -0.122. The van der Waals surface area contributed by atoms with Crippen LogP contribution in [0.5, 0.6) is 11.5 Å². The van der Waals surface area contributed by atoms with Gasteiger partial charge in [0, 0.05) is 0 Å². The first-order chi connectivity index (χ1) is 12.8. The predicted octanol–water partition coefficient (Wildman–Crippen LogP) is 2.97. The monoisotopic (exact) mass is 434 g/mol. The van der Waals surface area contributed by atoms with Crippen molar-refractivity contribution in [3.05, 3.63) is 57.8 Å². The number of hydrogen-bond donors (Lipinski definition) is 2. The zero-order chi connectivity index (χ0) is 19.7. The first-order valence-electron chi connectivity index (χ1n) is 7.56. The summed E-state index contributed by atoms with van der Waals surface area (Å²) >= 11 is 3.14. The minimum absolute atomic E-state index is 0.113. The molecule has 0 spiro atoms. The molecule has 0 aliphatic carbocycles. The fraction of sp³-hybridized carbons (Fsp3) is 0.0556. The summed E-state index contributed by atoms with van der Waals surface area (Å²) in [5.74, 6) is -2.72. The van der Waals surface area contributed by atoms with E-state index in [1.54, 1.807) is 0 Å². The van der Waals surface area contributed by atoms with Gasteiger partial charge in [-0.2, -0.15) is 0 Å². The number of methoxy groups -OCH3 is 1. The molecule has 3 rings (SSSR count). The summed E-state index contributed by atoms with van der Waals surface area (Å²) in [6.07, 6.45) is 1.21. The van der Waals surface area contributed by atoms with Crippen LogP contribution >= 0.6 is 15.9 Å². The Morgan fingerprint density at radius 2 is 1.93 bits per heavy atom. The maximum atomic E-state index is 14.0. The third-order valence-corrected chi connectivity index (χ3v) is 4.38. The topological polar surface area (TPSA) is 95.9 Å². The molecule has 1 aliphatic heterocycles. The van der Waals surface area contributed by atoms with Crippen molar-refractivity contribution in [2.45, 2.75) is 0 Å². The fourth-order valence-electron chi connectivity index (χ4n) is 2.51. The van der Waals surface area contributed by atoms with Crippen molar-refractivity contribution in [1.29, 1.82) is 0 Å². The number of rotatable bonds is 3. The second-order valence-electron chi connectivity index (χ2n) is 5.46. The molecule has 138 valence electrons. The Bertz CT molecular complexity index is 1010. The van der Waals surface area contributed by atoms with Gasteiger partial charge in [0.1, 0.15) is 11.4 Å². The molecule has 0 radical (unpaired) electrons. The van der Waals surface area contributed by atoms with Crippen LogP contribution < -0.4 is 15.0 Å². The van der Waals surface area contributed by atoms with Gasteiger partial charge in [-0.05, 0) is 51.8 Å². The van der Waals surface area contributed by atoms with Crippen molar-refractivity contribution in [3.63, 3.8) is 0 Å². The highest BCUT2D eigenvalue weighted by Gasteiger charge is 2.38. The van der Waals surface area contributed by atoms with Gasteiger partial charge in [0.25, 0.3) is 11.8 Å². The van der Waals surface area contributed by atoms with Crippen molar-refractivity contribution in [3.8, 4) is 11.5 Å². The summed E-state index contributed by atoms with van der Waals surface area (Å²) in [6, 6.07) is 7.02. The van der Waals surface area contributed by atoms with Gasteiger partial charge in [0.2, 0.25) is 0 Å². The molecule has 1 heterocycles. The molecule has 0 saturated carbocycles. The van der Waals surface area contributed by atoms with Crippen LogP contribution in [0, 0.1) is 5.82 Å². The van der Waals surface area contributed by atoms with Gasteiger partial charge < -0.3 is 9.84 Å². The van der Waals surface area contributed by atoms with Crippen LogP contribution in [-0.4, -0.2) is 30.1 Å². The maximum absolute atomic E-state index is 14.0. The number of para-hydroxylation sites is 1. The first kappa shape index (κ1) is 18.6. The molecule has 4 amide bonds. The van der Waals surface area contributed by atoms with E-state index in [-0.39, 0.29) is 27.2 Å². The number of halogens is 2. The SMILES string of the molecule is COc1cc(C=C2C(=O)NC(=O)N(c3ccccc3F)C2=O)cc(Br)c1O. The van der Waals surface area contributed by atoms with Crippen LogP contribution in [0.3, 0.4) is 0 Å². The Labute approximate surface area is 161 Å². The Morgan fingerprint density at radius 3 is 2.59 bits per heavy atom. The lowest BCUT2D eigenvalue weighted by Gasteiger charge is -2.26. The number of amides is 4. The number of anilines is 1. The van der Waals surface area contributed by atoms with Crippen LogP contribution in [0.2, 0.25) is 0 Å². The number of carbonyl (C=O) groups excluding carboxylic acids is 3. The first-order valence-corrected chi connectivity index (χ1v) is 8.35. The molecule has 0 unspecified atom stereocenters. The van der Waals surface area contributed by atoms with E-state index in [0.29, 0.717) is 10.5 Å². The second-order valence-corrected chi connectivity index (χ2v) is 6.32. The van der Waals surface area contributed by atoms with Crippen LogP contribution in [-0.2, 0) is 9.59 Å². The summed E-state index contributed by atoms with van der Waals surface area (Å²) in [6.45, 7) is 0. The predicted molar refractivity (Wildman–Crippen MR) is 97.8 cm³/mol. The Kier molecular flexibility index (Phi) is 4.95. The number of imide groups is 2. The van der Waals surface area contributed by atoms with Gasteiger partial charge in [0.15, 0.2) is 11.5 Å². The largest absolute Gasteiger partial charge is 0.503 e. The Balaban J connectivity index is 2.08. The van der Waals surface area contributed by atoms with E-state index in [4.69, 9.17) is 4.74 Å². The minimum atomic E-state index is -1.04. The highest BCUT2D eigenvalue weighted by Crippen LogP contribution is 2.36. The zero-order valence-corrected chi connectivity index (χ0v) is 15.4. The average Bonchev–Trinajstić information content (AvgIpc) is 2.62. The molecule has 2 N–H and O–H groups in total. The molecule has 27 heavy (non-hydrogen) atoms. The fourth-order valence-corrected chi connectivity index (χ4v) is 2.97. The molecule has 2 aromatic rings. The Hall–Kier alpha value is -3.20. The normalized spacial score (nSPS) is 15.9. The van der Waals surface area contributed by atoms with Crippen LogP contribution in [0.25, 0.3) is 6.08 Å². The van der Waals surface area contributed by atoms with E-state index in [0.717, 1.165) is 6.07 Å². The molecule has 1 aliphatic rings. The van der Waals surface area contributed by atoms with Gasteiger partial charge in [0.05, 0.1) is 17.3 Å². The number of nitrogens with one attached hydrogen (secondary N) is 1. The van der Waals surface area contributed by atoms with E-state index in [2.05, 4.69) is 15.9 Å². The summed E-state index contributed by atoms with van der Waals surface area (Å²) < 4.78 is 19.3. The van der Waals surface area contributed by atoms with E-state index in [1.165, 1.54) is 43.5 Å². The van der Waals surface area contributed by atoms with Gasteiger partial charge >= 0.3 is 6.03 Å². The summed E-state index contributed by atoms with van der Waals surface area (Å²) in [7, 11) is 1.34. The zero-order valence-electron chi connectivity index (χ0n) is 13.8. The van der Waals surface area contributed by atoms with Crippen molar-refractivity contribution >= 4 is 45.5 Å². The average molecular weight is 435 g/mol. The number of carbonyl (C=O) groups is 3. The number of aromatic hydroxyl groups is 1. The van der Waals surface area contributed by atoms with E-state index < -0.39 is 23.7 Å². The van der Waals surface area contributed by atoms with Gasteiger partial charge in [-0.1, -0.05) is 12.1 Å². The third kappa shape index (κ3) is 3.41. The second kappa shape index (κ2) is 7.20. The highest BCUT2D eigenvalue weighted by atomic mass is 79.9. The maximum Gasteiger partial charge on any atom is 0.336 e. The molecule has 9 heteroatoms. The van der Waals surface area contributed by atoms with Crippen molar-refractivity contribution < 1.29 is 28.6 Å². The van der Waals surface area contributed by atoms with Crippen LogP contribution in [0.1, 0.15) is 5.56 Å². The number of phenolic OH excluding ortho intramolecular Hbond substituents is 1. The molecule has 2 aromatic carbocycles. The standard InChI is InChI=1S/C18H12BrFN2O5/c1-27-14-8-9(7-11(19)15(14)23)6-10-16(24)21-18(26)22(17(10)25)13-5-3-2-4-12(13)20/h2-8,23H,1H3,(H,21,24,26). The van der Waals surface area contributed by atoms with Crippen LogP contribution in [0.4, 0.5) is 14.9 Å². The number of phenols is 1. The van der Waals surface area contributed by atoms with Crippen molar-refractivity contribution in [1.82, 2.24) is 5.32 Å². The molecule has 7 nitrogen and oxygen atoms in total. The third-order valence-electron chi connectivity index (χ3n) is 3.78. The van der Waals surface area contributed by atoms with E-state index in [9.17, 15) is 23.9 Å². The highest BCUT2D eigenvalue weighted by molar-refractivity contribution is 9.10. The van der Waals surface area contributed by atoms with Gasteiger partial charge in [-0.15, -0.1) is 0 Å². The number of nitrogens with zero attached hydrogens (tertiary/aromatic N) is 1. The minimum Gasteiger partial charge on any atom is -0.503 e. The summed E-state index contributed by atoms with van der Waals surface area (Å²) in [4.78, 5) is 37.5. The summed E-state index contributed by atoms with van der Waals surface area (Å²) in [5.41, 5.74) is -0.307. The smallest absolute Gasteiger partial charge is 0.336 e.